The van der Waals surface area contributed by atoms with Gasteiger partial charge in [0, 0.05) is 173 Å². The first-order valence-electron chi connectivity index (χ1n) is 36.7. The first-order chi connectivity index (χ1) is 55.5. The zero-order valence-electron chi connectivity index (χ0n) is 59.7. The molecule has 9 aromatic carbocycles. The van der Waals surface area contributed by atoms with Gasteiger partial charge in [-0.1, -0.05) is 115 Å². The van der Waals surface area contributed by atoms with Gasteiger partial charge < -0.3 is 27.6 Å². The molecule has 1 N–H and O–H groups in total. The van der Waals surface area contributed by atoms with E-state index in [-0.39, 0.29) is 0 Å². The summed E-state index contributed by atoms with van der Waals surface area (Å²) in [6.07, 6.45) is 31.6. The van der Waals surface area contributed by atoms with Gasteiger partial charge in [0.2, 0.25) is 5.95 Å². The molecule has 112 heavy (non-hydrogen) atoms. The number of pyridine rings is 4. The zero-order valence-corrected chi connectivity index (χ0v) is 59.7. The highest BCUT2D eigenvalue weighted by molar-refractivity contribution is 6.16. The Morgan fingerprint density at radius 2 is 0.714 bits per heavy atom. The minimum atomic E-state index is 0.650. The molecule has 0 saturated carbocycles. The maximum Gasteiger partial charge on any atom is 0.234 e. The highest BCUT2D eigenvalue weighted by atomic mass is 16.3. The molecule has 0 fully saturated rings. The number of allylic oxidation sites excluding steroid dienone is 2. The Labute approximate surface area is 637 Å². The number of fused-ring (bicyclic) bond motifs is 16. The molecule has 17 heteroatoms. The Bertz CT molecular complexity index is 7000. The summed E-state index contributed by atoms with van der Waals surface area (Å²) in [6, 6.07) is 85.1. The van der Waals surface area contributed by atoms with E-state index in [9.17, 15) is 0 Å². The summed E-state index contributed by atoms with van der Waals surface area (Å²) >= 11 is 0. The van der Waals surface area contributed by atoms with Gasteiger partial charge in [-0.05, 0) is 138 Å². The average molecular weight is 1450 g/mol. The second kappa shape index (κ2) is 27.3. The second-order valence-electron chi connectivity index (χ2n) is 27.3. The maximum absolute atomic E-state index is 5.66. The Morgan fingerprint density at radius 1 is 0.286 bits per heavy atom. The molecule has 24 rings (SSSR count). The van der Waals surface area contributed by atoms with Crippen molar-refractivity contribution in [1.29, 1.82) is 0 Å². The van der Waals surface area contributed by atoms with Crippen molar-refractivity contribution in [2.75, 3.05) is 6.54 Å². The second-order valence-corrected chi connectivity index (χ2v) is 27.3. The normalized spacial score (nSPS) is 12.2. The molecule has 15 heterocycles. The maximum atomic E-state index is 5.66. The fourth-order valence-electron chi connectivity index (χ4n) is 15.6. The van der Waals surface area contributed by atoms with Gasteiger partial charge in [-0.15, -0.1) is 0 Å². The first kappa shape index (κ1) is 64.7. The van der Waals surface area contributed by atoms with Gasteiger partial charge in [0.15, 0.2) is 5.82 Å². The molecule has 0 bridgehead atoms. The summed E-state index contributed by atoms with van der Waals surface area (Å²) in [4.78, 5) is 36.3. The molecular formula is C95H61N13O4. The predicted octanol–water partition coefficient (Wildman–Crippen LogP) is 22.8. The Morgan fingerprint density at radius 3 is 1.18 bits per heavy atom. The van der Waals surface area contributed by atoms with Crippen molar-refractivity contribution >= 4 is 137 Å². The average Bonchev–Trinajstić information content (AvgIpc) is 1.60. The topological polar surface area (TPSA) is 187 Å². The lowest BCUT2D eigenvalue weighted by atomic mass is 10.1. The third-order valence-electron chi connectivity index (χ3n) is 20.8. The van der Waals surface area contributed by atoms with Crippen LogP contribution in [0.3, 0.4) is 0 Å². The minimum absolute atomic E-state index is 0.650. The molecule has 0 saturated heterocycles. The fourth-order valence-corrected chi connectivity index (χ4v) is 15.6. The van der Waals surface area contributed by atoms with Gasteiger partial charge >= 0.3 is 0 Å². The van der Waals surface area contributed by atoms with E-state index in [4.69, 9.17) is 27.6 Å². The number of para-hydroxylation sites is 4. The van der Waals surface area contributed by atoms with Crippen molar-refractivity contribution in [3.05, 3.63) is 360 Å². The number of nitrogens with one attached hydrogen (secondary N) is 1. The highest BCUT2D eigenvalue weighted by Gasteiger charge is 2.21. The van der Waals surface area contributed by atoms with Crippen LogP contribution in [-0.2, 0) is 0 Å². The third kappa shape index (κ3) is 11.4. The molecule has 23 aromatic rings. The van der Waals surface area contributed by atoms with Crippen LogP contribution in [0, 0.1) is 0 Å². The summed E-state index contributed by atoms with van der Waals surface area (Å²) < 4.78 is 31.3. The lowest BCUT2D eigenvalue weighted by Crippen LogP contribution is -2.08. The molecule has 0 atom stereocenters. The Balaban J connectivity index is 0.0000000943. The third-order valence-corrected chi connectivity index (χ3v) is 20.8. The molecule has 0 amide bonds. The number of hydrogen-bond donors (Lipinski definition) is 1. The van der Waals surface area contributed by atoms with E-state index in [1.54, 1.807) is 49.8 Å². The summed E-state index contributed by atoms with van der Waals surface area (Å²) in [5.41, 5.74) is 20.6. The lowest BCUT2D eigenvalue weighted by Gasteiger charge is -2.10. The number of nitrogens with zero attached hydrogens (tertiary/aromatic N) is 12. The summed E-state index contributed by atoms with van der Waals surface area (Å²) in [5.74, 6) is 3.09. The van der Waals surface area contributed by atoms with Crippen molar-refractivity contribution in [2.45, 2.75) is 0 Å². The molecule has 1 aliphatic rings. The van der Waals surface area contributed by atoms with E-state index in [1.807, 2.05) is 122 Å². The largest absolute Gasteiger partial charge is 0.464 e. The monoisotopic (exact) mass is 1450 g/mol. The van der Waals surface area contributed by atoms with E-state index < -0.39 is 0 Å². The molecule has 0 radical (unpaired) electrons. The van der Waals surface area contributed by atoms with Gasteiger partial charge in [-0.25, -0.2) is 29.9 Å². The van der Waals surface area contributed by atoms with Crippen LogP contribution >= 0.6 is 0 Å². The first-order valence-corrected chi connectivity index (χ1v) is 36.7. The number of dihydropyridines is 1. The van der Waals surface area contributed by atoms with Gasteiger partial charge in [-0.2, -0.15) is 0 Å². The zero-order chi connectivity index (χ0) is 74.0. The molecule has 1 aliphatic heterocycles. The molecular weight excluding hydrogens is 1390 g/mol. The van der Waals surface area contributed by atoms with Crippen molar-refractivity contribution in [1.82, 2.24) is 63.5 Å². The van der Waals surface area contributed by atoms with Crippen LogP contribution in [0.5, 0.6) is 0 Å². The number of aromatic nitrogens is 12. The lowest BCUT2D eigenvalue weighted by molar-refractivity contribution is 0.616. The molecule has 17 nitrogen and oxygen atoms in total. The number of furan rings is 4. The van der Waals surface area contributed by atoms with Crippen LogP contribution in [0.4, 0.5) is 0 Å². The van der Waals surface area contributed by atoms with E-state index in [0.717, 1.165) is 151 Å². The summed E-state index contributed by atoms with van der Waals surface area (Å²) in [6.45, 7) is 0.873. The molecule has 0 unspecified atom stereocenters. The van der Waals surface area contributed by atoms with Crippen LogP contribution in [0.25, 0.3) is 194 Å². The molecule has 0 aliphatic carbocycles. The van der Waals surface area contributed by atoms with Crippen LogP contribution < -0.4 is 5.32 Å². The standard InChI is InChI=1S/C24H17N3O.2C24H15N3O.C23H14N4O/c1-2-6-21-19(5-1)20-12-16-9-11-28-23(16)13-22(20)27(21)24-8-7-18(15-26-24)17-4-3-10-25-14-17;1-2-6-16(7-3-1)18-14-25-24(26-15-18)27-21-9-5-4-8-19(21)20-12-17-10-11-28-23(17)13-22(20)27;1-2-4-21-19(3-1)20-13-17-9-12-28-23(17)14-22(20)27(21)24-6-5-18(15-26-24)16-7-10-25-11-8-16;1-2-6-20-18(5-1)19-10-15-7-9-28-22(15)11-21(19)27(20)17-13-25-23(26-14-17)16-4-3-8-24-12-16/h1-9,11-15,25H,10H2;2*1-15H;1-14H. The molecule has 0 spiro atoms. The predicted molar refractivity (Wildman–Crippen MR) is 446 cm³/mol. The van der Waals surface area contributed by atoms with Gasteiger partial charge in [0.1, 0.15) is 34.0 Å². The quantitative estimate of drug-likeness (QED) is 0.151. The van der Waals surface area contributed by atoms with Crippen molar-refractivity contribution < 1.29 is 17.7 Å². The van der Waals surface area contributed by atoms with Crippen LogP contribution in [-0.4, -0.2) is 64.7 Å². The smallest absolute Gasteiger partial charge is 0.234 e. The summed E-state index contributed by atoms with van der Waals surface area (Å²) in [5, 5.41) is 17.2. The molecule has 530 valence electrons. The summed E-state index contributed by atoms with van der Waals surface area (Å²) in [7, 11) is 0. The minimum Gasteiger partial charge on any atom is -0.464 e. The van der Waals surface area contributed by atoms with Gasteiger partial charge in [0.05, 0.1) is 87.3 Å². The van der Waals surface area contributed by atoms with Crippen LogP contribution in [0.15, 0.2) is 372 Å². The van der Waals surface area contributed by atoms with Crippen molar-refractivity contribution in [3.8, 4) is 56.9 Å². The number of hydrogen-bond acceptors (Lipinski definition) is 13. The number of benzene rings is 9. The Kier molecular flexibility index (Phi) is 15.8. The van der Waals surface area contributed by atoms with E-state index >= 15 is 0 Å². The highest BCUT2D eigenvalue weighted by Crippen LogP contribution is 2.40. The van der Waals surface area contributed by atoms with Crippen molar-refractivity contribution in [3.63, 3.8) is 0 Å². The van der Waals surface area contributed by atoms with E-state index in [0.29, 0.717) is 11.8 Å². The van der Waals surface area contributed by atoms with Gasteiger partial charge in [-0.3, -0.25) is 23.7 Å². The van der Waals surface area contributed by atoms with Crippen LogP contribution in [0.1, 0.15) is 5.56 Å². The Hall–Kier alpha value is -15.6. The van der Waals surface area contributed by atoms with Crippen LogP contribution in [0.2, 0.25) is 0 Å². The van der Waals surface area contributed by atoms with E-state index in [2.05, 4.69) is 235 Å². The SMILES string of the molecule is C1=CC(c2ccc(-n3c4ccccc4c4cc5ccoc5cc43)nc2)=CNC1.c1ccc(-c2cnc(-n3c4ccccc4c4cc5ccoc5cc43)nc2)cc1.c1ccc2c(c1)c1cc3ccoc3cc1n2-c1ccc(-c2ccncc2)cn1.c1cncc(-c2ncc(-n3c4ccccc4c4cc5ccoc5cc43)cn2)c1. The molecule has 14 aromatic heterocycles. The number of rotatable bonds is 8. The van der Waals surface area contributed by atoms with Gasteiger partial charge in [0.25, 0.3) is 0 Å². The van der Waals surface area contributed by atoms with E-state index in [1.165, 1.54) is 43.1 Å². The fraction of sp³-hybridized carbons (Fsp3) is 0.0105. The van der Waals surface area contributed by atoms with Crippen molar-refractivity contribution in [2.24, 2.45) is 0 Å².